The average molecular weight is 249 g/mol. The van der Waals surface area contributed by atoms with Crippen LogP contribution in [0.3, 0.4) is 0 Å². The predicted octanol–water partition coefficient (Wildman–Crippen LogP) is -0.0573. The molecule has 1 aliphatic heterocycles. The highest BCUT2D eigenvalue weighted by Gasteiger charge is 2.38. The molecule has 0 bridgehead atoms. The lowest BCUT2D eigenvalue weighted by Gasteiger charge is -2.17. The topological polar surface area (TPSA) is 97.1 Å². The SMILES string of the molecule is NC(=O)C1C=CON1c1n[nH]c(C(F)(F)F)n1. The van der Waals surface area contributed by atoms with Crippen molar-refractivity contribution in [1.29, 1.82) is 0 Å². The molecule has 1 aliphatic rings. The number of primary amides is 1. The minimum Gasteiger partial charge on any atom is -0.384 e. The molecule has 1 amide bonds. The molecule has 0 saturated carbocycles. The first-order valence-corrected chi connectivity index (χ1v) is 4.31. The Hall–Kier alpha value is -2.26. The lowest BCUT2D eigenvalue weighted by atomic mass is 10.3. The standard InChI is InChI=1S/C7H6F3N5O2/c8-7(9,10)5-12-6(14-13-5)15-3(4(11)16)1-2-17-15/h1-3H,(H2,11,16)(H,12,13,14). The lowest BCUT2D eigenvalue weighted by molar-refractivity contribution is -0.144. The molecule has 1 unspecified atom stereocenters. The molecular formula is C7H6F3N5O2. The number of amides is 1. The van der Waals surface area contributed by atoms with Crippen molar-refractivity contribution < 1.29 is 22.8 Å². The van der Waals surface area contributed by atoms with E-state index in [9.17, 15) is 18.0 Å². The van der Waals surface area contributed by atoms with E-state index in [1.54, 1.807) is 5.10 Å². The Morgan fingerprint density at radius 1 is 1.59 bits per heavy atom. The first kappa shape index (κ1) is 11.2. The van der Waals surface area contributed by atoms with E-state index in [4.69, 9.17) is 10.6 Å². The molecule has 1 atom stereocenters. The molecule has 17 heavy (non-hydrogen) atoms. The van der Waals surface area contributed by atoms with Crippen LogP contribution in [0.5, 0.6) is 0 Å². The number of hydrogen-bond donors (Lipinski definition) is 2. The maximum atomic E-state index is 12.2. The normalized spacial score (nSPS) is 19.5. The molecule has 0 spiro atoms. The van der Waals surface area contributed by atoms with Gasteiger partial charge in [0.05, 0.1) is 0 Å². The van der Waals surface area contributed by atoms with E-state index in [2.05, 4.69) is 10.1 Å². The Morgan fingerprint density at radius 3 is 2.82 bits per heavy atom. The molecule has 0 saturated heterocycles. The number of alkyl halides is 3. The lowest BCUT2D eigenvalue weighted by Crippen LogP contribution is -2.40. The highest BCUT2D eigenvalue weighted by atomic mass is 19.4. The number of hydroxylamine groups is 1. The number of nitrogens with two attached hydrogens (primary N) is 1. The largest absolute Gasteiger partial charge is 0.451 e. The predicted molar refractivity (Wildman–Crippen MR) is 47.1 cm³/mol. The van der Waals surface area contributed by atoms with Gasteiger partial charge in [0.15, 0.2) is 6.04 Å². The third-order valence-electron chi connectivity index (χ3n) is 1.92. The minimum atomic E-state index is -4.65. The van der Waals surface area contributed by atoms with Crippen LogP contribution in [-0.4, -0.2) is 27.1 Å². The van der Waals surface area contributed by atoms with Crippen molar-refractivity contribution in [3.63, 3.8) is 0 Å². The number of halogens is 3. The number of carbonyl (C=O) groups excluding carboxylic acids is 1. The van der Waals surface area contributed by atoms with Crippen LogP contribution in [0.2, 0.25) is 0 Å². The van der Waals surface area contributed by atoms with Gasteiger partial charge in [-0.1, -0.05) is 0 Å². The van der Waals surface area contributed by atoms with E-state index in [0.717, 1.165) is 11.3 Å². The van der Waals surface area contributed by atoms with Crippen molar-refractivity contribution in [3.8, 4) is 0 Å². The summed E-state index contributed by atoms with van der Waals surface area (Å²) in [4.78, 5) is 18.9. The van der Waals surface area contributed by atoms with Crippen LogP contribution < -0.4 is 10.8 Å². The molecule has 0 fully saturated rings. The number of rotatable bonds is 2. The first-order valence-electron chi connectivity index (χ1n) is 4.31. The van der Waals surface area contributed by atoms with Gasteiger partial charge in [-0.05, 0) is 6.08 Å². The number of nitrogens with one attached hydrogen (secondary N) is 1. The summed E-state index contributed by atoms with van der Waals surface area (Å²) in [6.07, 6.45) is -2.27. The van der Waals surface area contributed by atoms with E-state index in [0.29, 0.717) is 0 Å². The number of carbonyl (C=O) groups is 1. The fourth-order valence-electron chi connectivity index (χ4n) is 1.18. The van der Waals surface area contributed by atoms with Gasteiger partial charge in [0.25, 0.3) is 5.95 Å². The van der Waals surface area contributed by atoms with Gasteiger partial charge in [-0.15, -0.1) is 5.10 Å². The summed E-state index contributed by atoms with van der Waals surface area (Å²) in [5.74, 6) is -2.51. The van der Waals surface area contributed by atoms with Crippen molar-refractivity contribution in [2.45, 2.75) is 12.2 Å². The molecule has 0 radical (unpaired) electrons. The van der Waals surface area contributed by atoms with Crippen LogP contribution >= 0.6 is 0 Å². The molecule has 7 nitrogen and oxygen atoms in total. The summed E-state index contributed by atoms with van der Waals surface area (Å²) in [5.41, 5.74) is 5.02. The van der Waals surface area contributed by atoms with E-state index >= 15 is 0 Å². The number of aromatic amines is 1. The first-order chi connectivity index (χ1) is 7.89. The maximum absolute atomic E-state index is 12.2. The third kappa shape index (κ3) is 2.00. The Balaban J connectivity index is 2.24. The number of hydrogen-bond acceptors (Lipinski definition) is 5. The molecule has 0 aliphatic carbocycles. The highest BCUT2D eigenvalue weighted by Crippen LogP contribution is 2.28. The van der Waals surface area contributed by atoms with E-state index < -0.39 is 29.9 Å². The Morgan fingerprint density at radius 2 is 2.29 bits per heavy atom. The van der Waals surface area contributed by atoms with Gasteiger partial charge in [-0.25, -0.2) is 0 Å². The van der Waals surface area contributed by atoms with Crippen LogP contribution in [0.4, 0.5) is 19.1 Å². The Kier molecular flexibility index (Phi) is 2.41. The Bertz CT molecular complexity index is 468. The van der Waals surface area contributed by atoms with E-state index in [1.807, 2.05) is 0 Å². The zero-order chi connectivity index (χ0) is 12.6. The summed E-state index contributed by atoms with van der Waals surface area (Å²) >= 11 is 0. The quantitative estimate of drug-likeness (QED) is 0.765. The molecule has 1 aromatic heterocycles. The zero-order valence-corrected chi connectivity index (χ0v) is 8.10. The number of aromatic nitrogens is 3. The van der Waals surface area contributed by atoms with Gasteiger partial charge < -0.3 is 10.6 Å². The van der Waals surface area contributed by atoms with Crippen molar-refractivity contribution in [2.75, 3.05) is 5.06 Å². The number of anilines is 1. The smallest absolute Gasteiger partial charge is 0.384 e. The summed E-state index contributed by atoms with van der Waals surface area (Å²) in [7, 11) is 0. The fourth-order valence-corrected chi connectivity index (χ4v) is 1.18. The van der Waals surface area contributed by atoms with Gasteiger partial charge in [0.1, 0.15) is 6.26 Å². The van der Waals surface area contributed by atoms with Crippen molar-refractivity contribution in [1.82, 2.24) is 15.2 Å². The monoisotopic (exact) mass is 249 g/mol. The molecule has 92 valence electrons. The summed E-state index contributed by atoms with van der Waals surface area (Å²) in [6, 6.07) is -1.04. The van der Waals surface area contributed by atoms with E-state index in [-0.39, 0.29) is 0 Å². The zero-order valence-electron chi connectivity index (χ0n) is 8.10. The average Bonchev–Trinajstić information content (AvgIpc) is 2.85. The van der Waals surface area contributed by atoms with Crippen LogP contribution in [0.25, 0.3) is 0 Å². The molecule has 1 aromatic rings. The summed E-state index contributed by atoms with van der Waals surface area (Å²) < 4.78 is 36.7. The molecular weight excluding hydrogens is 243 g/mol. The third-order valence-corrected chi connectivity index (χ3v) is 1.92. The van der Waals surface area contributed by atoms with Crippen molar-refractivity contribution in [2.24, 2.45) is 5.73 Å². The Labute approximate surface area is 92.0 Å². The maximum Gasteiger partial charge on any atom is 0.451 e. The highest BCUT2D eigenvalue weighted by molar-refractivity contribution is 5.85. The minimum absolute atomic E-state index is 0.425. The molecule has 3 N–H and O–H groups in total. The van der Waals surface area contributed by atoms with Crippen LogP contribution in [-0.2, 0) is 15.8 Å². The second-order valence-electron chi connectivity index (χ2n) is 3.09. The van der Waals surface area contributed by atoms with Gasteiger partial charge in [0, 0.05) is 0 Å². The molecule has 10 heteroatoms. The van der Waals surface area contributed by atoms with Gasteiger partial charge in [-0.3, -0.25) is 9.89 Å². The van der Waals surface area contributed by atoms with Crippen molar-refractivity contribution >= 4 is 11.9 Å². The summed E-state index contributed by atoms with van der Waals surface area (Å²) in [6.45, 7) is 0. The second kappa shape index (κ2) is 3.64. The molecule has 2 rings (SSSR count). The van der Waals surface area contributed by atoms with Crippen LogP contribution in [0, 0.1) is 0 Å². The molecule has 0 aromatic carbocycles. The van der Waals surface area contributed by atoms with Crippen LogP contribution in [0.15, 0.2) is 12.3 Å². The van der Waals surface area contributed by atoms with Crippen LogP contribution in [0.1, 0.15) is 5.82 Å². The molecule has 2 heterocycles. The van der Waals surface area contributed by atoms with Crippen molar-refractivity contribution in [3.05, 3.63) is 18.2 Å². The fraction of sp³-hybridized carbons (Fsp3) is 0.286. The van der Waals surface area contributed by atoms with E-state index in [1.165, 1.54) is 6.08 Å². The summed E-state index contributed by atoms with van der Waals surface area (Å²) in [5, 5.41) is 5.76. The number of nitrogens with zero attached hydrogens (tertiary/aromatic N) is 3. The second-order valence-corrected chi connectivity index (χ2v) is 3.09. The van der Waals surface area contributed by atoms with Gasteiger partial charge >= 0.3 is 6.18 Å². The number of H-pyrrole nitrogens is 1. The van der Waals surface area contributed by atoms with Gasteiger partial charge in [-0.2, -0.15) is 23.2 Å². The van der Waals surface area contributed by atoms with Gasteiger partial charge in [0.2, 0.25) is 11.7 Å².